The van der Waals surface area contributed by atoms with Crippen molar-refractivity contribution < 1.29 is 0 Å². The number of rotatable bonds is 5. The summed E-state index contributed by atoms with van der Waals surface area (Å²) in [7, 11) is 1.84. The van der Waals surface area contributed by atoms with E-state index in [-0.39, 0.29) is 24.0 Å². The summed E-state index contributed by atoms with van der Waals surface area (Å²) in [4.78, 5) is 11.2. The van der Waals surface area contributed by atoms with Gasteiger partial charge in [-0.05, 0) is 56.9 Å². The number of anilines is 1. The monoisotopic (exact) mass is 493 g/mol. The Hall–Kier alpha value is -1.83. The third-order valence-corrected chi connectivity index (χ3v) is 5.06. The molecule has 3 rings (SSSR count). The molecule has 1 aromatic carbocycles. The summed E-state index contributed by atoms with van der Waals surface area (Å²) in [6, 6.07) is 13.4. The lowest BCUT2D eigenvalue weighted by molar-refractivity contribution is 0.468. The molecule has 2 heterocycles. The molecule has 1 aliphatic heterocycles. The number of benzene rings is 1. The number of halogens is 1. The van der Waals surface area contributed by atoms with Crippen molar-refractivity contribution in [3.63, 3.8) is 0 Å². The van der Waals surface area contributed by atoms with Crippen molar-refractivity contribution in [2.45, 2.75) is 39.2 Å². The highest BCUT2D eigenvalue weighted by Gasteiger charge is 2.20. The average molecular weight is 493 g/mol. The highest BCUT2D eigenvalue weighted by molar-refractivity contribution is 14.0. The van der Waals surface area contributed by atoms with Gasteiger partial charge in [0.05, 0.1) is 0 Å². The summed E-state index contributed by atoms with van der Waals surface area (Å²) in [5.74, 6) is 0.880. The van der Waals surface area contributed by atoms with Crippen LogP contribution in [-0.2, 0) is 6.42 Å². The van der Waals surface area contributed by atoms with Gasteiger partial charge in [-0.1, -0.05) is 23.8 Å². The summed E-state index contributed by atoms with van der Waals surface area (Å²) in [6.07, 6.45) is 5.25. The SMILES string of the molecule is CN=C(NCCc1ccc(C)nc1)NC1CCCN(c2ccc(C)cc2)C1.I. The van der Waals surface area contributed by atoms with Gasteiger partial charge in [0.1, 0.15) is 0 Å². The zero-order valence-electron chi connectivity index (χ0n) is 17.1. The largest absolute Gasteiger partial charge is 0.369 e. The van der Waals surface area contributed by atoms with Gasteiger partial charge in [0.15, 0.2) is 5.96 Å². The quantitative estimate of drug-likeness (QED) is 0.379. The predicted octanol–water partition coefficient (Wildman–Crippen LogP) is 3.69. The van der Waals surface area contributed by atoms with Crippen molar-refractivity contribution in [3.8, 4) is 0 Å². The molecule has 0 bridgehead atoms. The van der Waals surface area contributed by atoms with Crippen LogP contribution in [0.4, 0.5) is 5.69 Å². The van der Waals surface area contributed by atoms with Crippen LogP contribution in [0, 0.1) is 13.8 Å². The van der Waals surface area contributed by atoms with Gasteiger partial charge >= 0.3 is 0 Å². The maximum atomic E-state index is 4.40. The number of guanidine groups is 1. The summed E-state index contributed by atoms with van der Waals surface area (Å²) in [5.41, 5.74) is 4.91. The Morgan fingerprint density at radius 2 is 1.96 bits per heavy atom. The first-order chi connectivity index (χ1) is 13.1. The third-order valence-electron chi connectivity index (χ3n) is 5.06. The van der Waals surface area contributed by atoms with E-state index in [1.807, 2.05) is 20.2 Å². The van der Waals surface area contributed by atoms with Crippen LogP contribution in [-0.4, -0.2) is 43.7 Å². The maximum Gasteiger partial charge on any atom is 0.191 e. The van der Waals surface area contributed by atoms with Crippen LogP contribution in [0.15, 0.2) is 47.6 Å². The highest BCUT2D eigenvalue weighted by atomic mass is 127. The van der Waals surface area contributed by atoms with Crippen molar-refractivity contribution in [1.29, 1.82) is 0 Å². The molecule has 28 heavy (non-hydrogen) atoms. The van der Waals surface area contributed by atoms with Gasteiger partial charge < -0.3 is 15.5 Å². The summed E-state index contributed by atoms with van der Waals surface area (Å²) >= 11 is 0. The van der Waals surface area contributed by atoms with Crippen LogP contribution >= 0.6 is 24.0 Å². The van der Waals surface area contributed by atoms with Crippen molar-refractivity contribution in [1.82, 2.24) is 15.6 Å². The number of piperidine rings is 1. The molecule has 0 amide bonds. The van der Waals surface area contributed by atoms with Crippen LogP contribution in [0.3, 0.4) is 0 Å². The van der Waals surface area contributed by atoms with E-state index in [2.05, 4.69) is 68.8 Å². The molecule has 1 saturated heterocycles. The fourth-order valence-electron chi connectivity index (χ4n) is 3.44. The Bertz CT molecular complexity index is 743. The van der Waals surface area contributed by atoms with Gasteiger partial charge in [-0.25, -0.2) is 0 Å². The molecule has 1 unspecified atom stereocenters. The summed E-state index contributed by atoms with van der Waals surface area (Å²) in [5, 5.41) is 7.03. The molecule has 6 heteroatoms. The smallest absolute Gasteiger partial charge is 0.191 e. The van der Waals surface area contributed by atoms with Crippen LogP contribution in [0.25, 0.3) is 0 Å². The van der Waals surface area contributed by atoms with E-state index < -0.39 is 0 Å². The van der Waals surface area contributed by atoms with E-state index in [1.54, 1.807) is 0 Å². The molecule has 2 N–H and O–H groups in total. The van der Waals surface area contributed by atoms with E-state index in [0.29, 0.717) is 6.04 Å². The maximum absolute atomic E-state index is 4.40. The normalized spacial score (nSPS) is 17.0. The first kappa shape index (κ1) is 22.5. The molecule has 0 radical (unpaired) electrons. The minimum atomic E-state index is 0. The Kier molecular flexibility index (Phi) is 9.02. The predicted molar refractivity (Wildman–Crippen MR) is 129 cm³/mol. The number of aryl methyl sites for hydroxylation is 2. The number of hydrogen-bond acceptors (Lipinski definition) is 3. The zero-order valence-corrected chi connectivity index (χ0v) is 19.4. The number of aliphatic imine (C=N–C) groups is 1. The number of hydrogen-bond donors (Lipinski definition) is 2. The first-order valence-electron chi connectivity index (χ1n) is 9.84. The first-order valence-corrected chi connectivity index (χ1v) is 9.84. The fourth-order valence-corrected chi connectivity index (χ4v) is 3.44. The van der Waals surface area contributed by atoms with Crippen molar-refractivity contribution in [2.24, 2.45) is 4.99 Å². The molecule has 2 aromatic rings. The van der Waals surface area contributed by atoms with Crippen LogP contribution < -0.4 is 15.5 Å². The van der Waals surface area contributed by atoms with E-state index in [9.17, 15) is 0 Å². The van der Waals surface area contributed by atoms with Gasteiger partial charge in [0, 0.05) is 50.3 Å². The molecular formula is C22H32IN5. The Morgan fingerprint density at radius 1 is 1.18 bits per heavy atom. The van der Waals surface area contributed by atoms with E-state index >= 15 is 0 Å². The number of pyridine rings is 1. The van der Waals surface area contributed by atoms with Crippen LogP contribution in [0.1, 0.15) is 29.7 Å². The third kappa shape index (κ3) is 6.65. The summed E-state index contributed by atoms with van der Waals surface area (Å²) < 4.78 is 0. The lowest BCUT2D eigenvalue weighted by Crippen LogP contribution is -2.51. The topological polar surface area (TPSA) is 52.6 Å². The number of nitrogens with one attached hydrogen (secondary N) is 2. The fraction of sp³-hybridized carbons (Fsp3) is 0.455. The Balaban J connectivity index is 0.00000280. The molecule has 1 fully saturated rings. The zero-order chi connectivity index (χ0) is 19.1. The molecule has 1 aliphatic rings. The Labute approximate surface area is 186 Å². The van der Waals surface area contributed by atoms with Crippen LogP contribution in [0.5, 0.6) is 0 Å². The van der Waals surface area contributed by atoms with E-state index in [0.717, 1.165) is 37.7 Å². The molecule has 152 valence electrons. The standard InChI is InChI=1S/C22H31N5.HI/c1-17-6-10-21(11-7-17)27-14-4-5-20(16-27)26-22(23-3)24-13-12-19-9-8-18(2)25-15-19;/h6-11,15,20H,4-5,12-14,16H2,1-3H3,(H2,23,24,26);1H. The van der Waals surface area contributed by atoms with Gasteiger partial charge in [-0.2, -0.15) is 0 Å². The molecule has 0 aliphatic carbocycles. The van der Waals surface area contributed by atoms with Crippen molar-refractivity contribution in [3.05, 3.63) is 59.4 Å². The minimum absolute atomic E-state index is 0. The molecular weight excluding hydrogens is 461 g/mol. The number of aromatic nitrogens is 1. The van der Waals surface area contributed by atoms with Crippen molar-refractivity contribution >= 4 is 35.6 Å². The molecule has 1 aromatic heterocycles. The number of nitrogens with zero attached hydrogens (tertiary/aromatic N) is 3. The Morgan fingerprint density at radius 3 is 2.64 bits per heavy atom. The summed E-state index contributed by atoms with van der Waals surface area (Å²) in [6.45, 7) is 7.11. The van der Waals surface area contributed by atoms with Gasteiger partial charge in [0.25, 0.3) is 0 Å². The highest BCUT2D eigenvalue weighted by Crippen LogP contribution is 2.20. The minimum Gasteiger partial charge on any atom is -0.369 e. The van der Waals surface area contributed by atoms with Crippen molar-refractivity contribution in [2.75, 3.05) is 31.6 Å². The van der Waals surface area contributed by atoms with E-state index in [1.165, 1.54) is 29.7 Å². The van der Waals surface area contributed by atoms with Gasteiger partial charge in [0.2, 0.25) is 0 Å². The lowest BCUT2D eigenvalue weighted by Gasteiger charge is -2.35. The molecule has 0 saturated carbocycles. The molecule has 0 spiro atoms. The molecule has 1 atom stereocenters. The van der Waals surface area contributed by atoms with E-state index in [4.69, 9.17) is 0 Å². The lowest BCUT2D eigenvalue weighted by atomic mass is 10.0. The second-order valence-corrected chi connectivity index (χ2v) is 7.32. The second kappa shape index (κ2) is 11.2. The molecule has 5 nitrogen and oxygen atoms in total. The van der Waals surface area contributed by atoms with Crippen LogP contribution in [0.2, 0.25) is 0 Å². The average Bonchev–Trinajstić information content (AvgIpc) is 2.69. The van der Waals surface area contributed by atoms with Gasteiger partial charge in [-0.15, -0.1) is 24.0 Å². The second-order valence-electron chi connectivity index (χ2n) is 7.32. The van der Waals surface area contributed by atoms with Gasteiger partial charge in [-0.3, -0.25) is 9.98 Å².